The van der Waals surface area contributed by atoms with Gasteiger partial charge in [-0.25, -0.2) is 0 Å². The molecule has 0 radical (unpaired) electrons. The van der Waals surface area contributed by atoms with Crippen LogP contribution in [-0.2, 0) is 18.1 Å². The number of nitrogens with zero attached hydrogens (tertiary/aromatic N) is 3. The van der Waals surface area contributed by atoms with Gasteiger partial charge < -0.3 is 20.0 Å². The predicted molar refractivity (Wildman–Crippen MR) is 124 cm³/mol. The summed E-state index contributed by atoms with van der Waals surface area (Å²) in [6.45, 7) is 2.06. The van der Waals surface area contributed by atoms with Gasteiger partial charge in [0.05, 0.1) is 17.2 Å². The van der Waals surface area contributed by atoms with Gasteiger partial charge in [0.2, 0.25) is 0 Å². The van der Waals surface area contributed by atoms with Crippen LogP contribution in [0.2, 0.25) is 0 Å². The Morgan fingerprint density at radius 2 is 1.87 bits per heavy atom. The van der Waals surface area contributed by atoms with Crippen molar-refractivity contribution in [3.63, 3.8) is 0 Å². The topological polar surface area (TPSA) is 96.5 Å². The molecule has 2 rings (SSSR count). The fourth-order valence-electron chi connectivity index (χ4n) is 2.52. The van der Waals surface area contributed by atoms with Gasteiger partial charge in [0.1, 0.15) is 11.5 Å². The van der Waals surface area contributed by atoms with Crippen molar-refractivity contribution in [2.75, 3.05) is 38.7 Å². The van der Waals surface area contributed by atoms with Crippen LogP contribution in [0.25, 0.3) is 0 Å². The molecule has 8 nitrogen and oxygen atoms in total. The van der Waals surface area contributed by atoms with Crippen LogP contribution in [0.1, 0.15) is 17.1 Å². The van der Waals surface area contributed by atoms with Gasteiger partial charge in [-0.15, -0.1) is 0 Å². The number of furan rings is 1. The first-order chi connectivity index (χ1) is 14.5. The molecule has 0 saturated carbocycles. The average Bonchev–Trinajstić information content (AvgIpc) is 3.14. The van der Waals surface area contributed by atoms with Crippen molar-refractivity contribution in [2.24, 2.45) is 0 Å². The van der Waals surface area contributed by atoms with Crippen LogP contribution in [0.15, 0.2) is 53.1 Å². The third-order valence-corrected chi connectivity index (χ3v) is 5.80. The second kappa shape index (κ2) is 13.9. The first-order valence-corrected chi connectivity index (χ1v) is 11.9. The Labute approximate surface area is 186 Å². The smallest absolute Gasteiger partial charge is 0.274 e. The van der Waals surface area contributed by atoms with Crippen LogP contribution in [-0.4, -0.2) is 53.5 Å². The van der Waals surface area contributed by atoms with E-state index in [-0.39, 0.29) is 0 Å². The van der Waals surface area contributed by atoms with Crippen molar-refractivity contribution in [2.45, 2.75) is 18.1 Å². The Morgan fingerprint density at radius 1 is 1.17 bits per heavy atom. The molecule has 0 aromatic carbocycles. The molecule has 0 saturated heterocycles. The molecule has 0 atom stereocenters. The Bertz CT molecular complexity index is 784. The highest BCUT2D eigenvalue weighted by Crippen LogP contribution is 2.16. The van der Waals surface area contributed by atoms with Gasteiger partial charge in [-0.2, -0.15) is 23.5 Å². The van der Waals surface area contributed by atoms with Crippen LogP contribution in [0.5, 0.6) is 0 Å². The largest absolute Gasteiger partial charge is 0.464 e. The number of hydrogen-bond donors (Lipinski definition) is 2. The molecule has 0 fully saturated rings. The van der Waals surface area contributed by atoms with Crippen molar-refractivity contribution in [1.82, 2.24) is 20.5 Å². The van der Waals surface area contributed by atoms with Crippen LogP contribution in [0, 0.1) is 10.1 Å². The van der Waals surface area contributed by atoms with Gasteiger partial charge in [-0.3, -0.25) is 15.1 Å². The standard InChI is InChI=1S/C20H29N5O3S2/c1-24(2)13-18-5-6-19(28-18)16-30-11-9-23-20(14-25(26)27)22-8-10-29-15-17-4-3-7-21-12-17/h3-7,12,14,22-23H,8-11,13,15-16H2,1-2H3/b20-14+. The molecule has 0 aliphatic carbocycles. The molecular formula is C20H29N5O3S2. The summed E-state index contributed by atoms with van der Waals surface area (Å²) in [6, 6.07) is 7.96. The van der Waals surface area contributed by atoms with Crippen molar-refractivity contribution in [1.29, 1.82) is 0 Å². The summed E-state index contributed by atoms with van der Waals surface area (Å²) in [6.07, 6.45) is 4.59. The number of thioether (sulfide) groups is 2. The van der Waals surface area contributed by atoms with Gasteiger partial charge in [0.25, 0.3) is 6.20 Å². The SMILES string of the molecule is CN(C)Cc1ccc(CSCCN/C(=C/[N+](=O)[O-])NCCSCc2cccnc2)o1. The second-order valence-electron chi connectivity index (χ2n) is 6.75. The molecular weight excluding hydrogens is 422 g/mol. The van der Waals surface area contributed by atoms with E-state index in [1.807, 2.05) is 44.6 Å². The lowest BCUT2D eigenvalue weighted by Gasteiger charge is -2.11. The molecule has 0 aliphatic rings. The normalized spacial score (nSPS) is 11.6. The van der Waals surface area contributed by atoms with E-state index in [0.29, 0.717) is 18.9 Å². The molecule has 2 heterocycles. The van der Waals surface area contributed by atoms with E-state index < -0.39 is 4.92 Å². The van der Waals surface area contributed by atoms with E-state index in [4.69, 9.17) is 4.42 Å². The van der Waals surface area contributed by atoms with E-state index in [1.54, 1.807) is 29.7 Å². The van der Waals surface area contributed by atoms with Crippen LogP contribution in [0.3, 0.4) is 0 Å². The van der Waals surface area contributed by atoms with Gasteiger partial charge in [0, 0.05) is 42.7 Å². The first kappa shape index (κ1) is 24.1. The maximum absolute atomic E-state index is 10.9. The maximum atomic E-state index is 10.9. The quantitative estimate of drug-likeness (QED) is 0.240. The van der Waals surface area contributed by atoms with Crippen molar-refractivity contribution < 1.29 is 9.34 Å². The molecule has 2 aromatic rings. The summed E-state index contributed by atoms with van der Waals surface area (Å²) in [5.41, 5.74) is 1.17. The van der Waals surface area contributed by atoms with E-state index in [1.165, 1.54) is 5.56 Å². The zero-order valence-electron chi connectivity index (χ0n) is 17.4. The van der Waals surface area contributed by atoms with Crippen LogP contribution < -0.4 is 10.6 Å². The summed E-state index contributed by atoms with van der Waals surface area (Å²) < 4.78 is 5.78. The molecule has 164 valence electrons. The fraction of sp³-hybridized carbons (Fsp3) is 0.450. The minimum Gasteiger partial charge on any atom is -0.464 e. The minimum absolute atomic E-state index is 0.439. The zero-order chi connectivity index (χ0) is 21.6. The summed E-state index contributed by atoms with van der Waals surface area (Å²) in [4.78, 5) is 16.6. The third kappa shape index (κ3) is 10.6. The van der Waals surface area contributed by atoms with Crippen molar-refractivity contribution >= 4 is 23.5 Å². The summed E-state index contributed by atoms with van der Waals surface area (Å²) in [5, 5.41) is 17.1. The highest BCUT2D eigenvalue weighted by molar-refractivity contribution is 7.98. The van der Waals surface area contributed by atoms with Gasteiger partial charge in [-0.05, 0) is 37.9 Å². The summed E-state index contributed by atoms with van der Waals surface area (Å²) >= 11 is 3.48. The van der Waals surface area contributed by atoms with Crippen LogP contribution in [0.4, 0.5) is 0 Å². The fourth-order valence-corrected chi connectivity index (χ4v) is 4.06. The van der Waals surface area contributed by atoms with Gasteiger partial charge in [-0.1, -0.05) is 6.07 Å². The molecule has 0 bridgehead atoms. The lowest BCUT2D eigenvalue weighted by molar-refractivity contribution is -0.404. The lowest BCUT2D eigenvalue weighted by Crippen LogP contribution is -2.30. The summed E-state index contributed by atoms with van der Waals surface area (Å²) in [7, 11) is 4.01. The third-order valence-electron chi connectivity index (χ3n) is 3.78. The summed E-state index contributed by atoms with van der Waals surface area (Å²) in [5.74, 6) is 5.65. The van der Waals surface area contributed by atoms with Crippen LogP contribution >= 0.6 is 23.5 Å². The molecule has 0 spiro atoms. The molecule has 0 amide bonds. The number of aromatic nitrogens is 1. The maximum Gasteiger partial charge on any atom is 0.274 e. The number of rotatable bonds is 15. The molecule has 2 aromatic heterocycles. The van der Waals surface area contributed by atoms with E-state index in [0.717, 1.165) is 47.3 Å². The minimum atomic E-state index is -0.444. The van der Waals surface area contributed by atoms with Crippen molar-refractivity contribution in [3.8, 4) is 0 Å². The molecule has 10 heteroatoms. The first-order valence-electron chi connectivity index (χ1n) is 9.62. The molecule has 30 heavy (non-hydrogen) atoms. The highest BCUT2D eigenvalue weighted by Gasteiger charge is 2.05. The highest BCUT2D eigenvalue weighted by atomic mass is 32.2. The Kier molecular flexibility index (Phi) is 11.2. The van der Waals surface area contributed by atoms with Gasteiger partial charge >= 0.3 is 0 Å². The Balaban J connectivity index is 1.61. The van der Waals surface area contributed by atoms with Gasteiger partial charge in [0.15, 0.2) is 5.82 Å². The van der Waals surface area contributed by atoms with E-state index in [9.17, 15) is 10.1 Å². The monoisotopic (exact) mass is 451 g/mol. The zero-order valence-corrected chi connectivity index (χ0v) is 19.0. The molecule has 0 aliphatic heterocycles. The van der Waals surface area contributed by atoms with E-state index in [2.05, 4.69) is 20.5 Å². The number of hydrogen-bond acceptors (Lipinski definition) is 9. The average molecular weight is 452 g/mol. The molecule has 2 N–H and O–H groups in total. The predicted octanol–water partition coefficient (Wildman–Crippen LogP) is 3.16. The van der Waals surface area contributed by atoms with Crippen molar-refractivity contribution in [3.05, 3.63) is 75.9 Å². The molecule has 0 unspecified atom stereocenters. The number of nitro groups is 1. The second-order valence-corrected chi connectivity index (χ2v) is 8.96. The number of pyridine rings is 1. The Morgan fingerprint density at radius 3 is 2.50 bits per heavy atom. The number of nitrogens with one attached hydrogen (secondary N) is 2. The van der Waals surface area contributed by atoms with E-state index >= 15 is 0 Å². The lowest BCUT2D eigenvalue weighted by atomic mass is 10.3. The Hall–Kier alpha value is -2.17.